The average molecular weight is 262 g/mol. The number of nitrogens with one attached hydrogen (secondary N) is 1. The zero-order valence-corrected chi connectivity index (χ0v) is 12.0. The van der Waals surface area contributed by atoms with Gasteiger partial charge in [-0.15, -0.1) is 0 Å². The minimum Gasteiger partial charge on any atom is -0.393 e. The Morgan fingerprint density at radius 3 is 2.79 bits per heavy atom. The molecule has 106 valence electrons. The third-order valence-electron chi connectivity index (χ3n) is 4.00. The molecule has 3 heteroatoms. The number of aliphatic hydroxyl groups excluding tert-OH is 1. The van der Waals surface area contributed by atoms with Crippen LogP contribution in [0, 0.1) is 11.8 Å². The Morgan fingerprint density at radius 2 is 2.21 bits per heavy atom. The van der Waals surface area contributed by atoms with Gasteiger partial charge in [-0.05, 0) is 43.2 Å². The standard InChI is InChI=1S/C16H26N2O/c1-12(2)10-15(14-7-3-4-9-17-14)18-11-13-6-5-8-16(13)19/h3-4,7,9,12-13,15-16,18-19H,5-6,8,10-11H2,1-2H3/t13-,15+,16+/m1/s1. The van der Waals surface area contributed by atoms with E-state index < -0.39 is 0 Å². The van der Waals surface area contributed by atoms with E-state index in [4.69, 9.17) is 0 Å². The van der Waals surface area contributed by atoms with E-state index in [1.807, 2.05) is 18.3 Å². The molecule has 0 bridgehead atoms. The largest absolute Gasteiger partial charge is 0.393 e. The van der Waals surface area contributed by atoms with E-state index in [0.29, 0.717) is 17.9 Å². The predicted molar refractivity (Wildman–Crippen MR) is 77.8 cm³/mol. The Balaban J connectivity index is 1.94. The highest BCUT2D eigenvalue weighted by atomic mass is 16.3. The summed E-state index contributed by atoms with van der Waals surface area (Å²) in [4.78, 5) is 4.47. The molecule has 0 aromatic carbocycles. The number of aliphatic hydroxyl groups is 1. The number of hydrogen-bond acceptors (Lipinski definition) is 3. The van der Waals surface area contributed by atoms with Gasteiger partial charge in [0.15, 0.2) is 0 Å². The van der Waals surface area contributed by atoms with Crippen molar-refractivity contribution in [3.63, 3.8) is 0 Å². The van der Waals surface area contributed by atoms with Crippen LogP contribution in [0.2, 0.25) is 0 Å². The summed E-state index contributed by atoms with van der Waals surface area (Å²) in [5, 5.41) is 13.5. The normalized spacial score (nSPS) is 24.8. The Bertz CT molecular complexity index is 366. The molecule has 0 unspecified atom stereocenters. The molecule has 1 aliphatic rings. The first kappa shape index (κ1) is 14.5. The van der Waals surface area contributed by atoms with Gasteiger partial charge < -0.3 is 10.4 Å². The summed E-state index contributed by atoms with van der Waals surface area (Å²) in [5.41, 5.74) is 1.11. The molecular formula is C16H26N2O. The summed E-state index contributed by atoms with van der Waals surface area (Å²) in [6.45, 7) is 5.37. The quantitative estimate of drug-likeness (QED) is 0.828. The molecule has 2 N–H and O–H groups in total. The third-order valence-corrected chi connectivity index (χ3v) is 4.00. The fourth-order valence-electron chi connectivity index (χ4n) is 2.91. The van der Waals surface area contributed by atoms with Crippen molar-refractivity contribution in [2.24, 2.45) is 11.8 Å². The van der Waals surface area contributed by atoms with E-state index in [2.05, 4.69) is 30.2 Å². The number of aromatic nitrogens is 1. The highest BCUT2D eigenvalue weighted by Crippen LogP contribution is 2.26. The predicted octanol–water partition coefficient (Wildman–Crippen LogP) is 2.92. The van der Waals surface area contributed by atoms with Crippen molar-refractivity contribution < 1.29 is 5.11 Å². The minimum absolute atomic E-state index is 0.115. The maximum Gasteiger partial charge on any atom is 0.0580 e. The Morgan fingerprint density at radius 1 is 1.37 bits per heavy atom. The smallest absolute Gasteiger partial charge is 0.0580 e. The monoisotopic (exact) mass is 262 g/mol. The molecule has 1 aliphatic carbocycles. The second kappa shape index (κ2) is 7.01. The van der Waals surface area contributed by atoms with Gasteiger partial charge in [0.05, 0.1) is 11.8 Å². The third kappa shape index (κ3) is 4.29. The lowest BCUT2D eigenvalue weighted by Gasteiger charge is -2.23. The summed E-state index contributed by atoms with van der Waals surface area (Å²) in [5.74, 6) is 1.05. The van der Waals surface area contributed by atoms with Crippen LogP contribution in [0.5, 0.6) is 0 Å². The first-order chi connectivity index (χ1) is 9.16. The maximum absolute atomic E-state index is 9.90. The van der Waals surface area contributed by atoms with E-state index in [9.17, 15) is 5.11 Å². The zero-order valence-electron chi connectivity index (χ0n) is 12.0. The van der Waals surface area contributed by atoms with E-state index in [1.165, 1.54) is 0 Å². The lowest BCUT2D eigenvalue weighted by molar-refractivity contribution is 0.129. The van der Waals surface area contributed by atoms with Gasteiger partial charge in [-0.3, -0.25) is 4.98 Å². The highest BCUT2D eigenvalue weighted by molar-refractivity contribution is 5.08. The van der Waals surface area contributed by atoms with Crippen molar-refractivity contribution in [1.82, 2.24) is 10.3 Å². The zero-order chi connectivity index (χ0) is 13.7. The molecule has 1 aromatic heterocycles. The molecule has 1 heterocycles. The summed E-state index contributed by atoms with van der Waals surface area (Å²) >= 11 is 0. The summed E-state index contributed by atoms with van der Waals surface area (Å²) < 4.78 is 0. The molecule has 0 amide bonds. The molecule has 19 heavy (non-hydrogen) atoms. The van der Waals surface area contributed by atoms with Crippen LogP contribution >= 0.6 is 0 Å². The molecular weight excluding hydrogens is 236 g/mol. The van der Waals surface area contributed by atoms with Gasteiger partial charge in [-0.1, -0.05) is 26.3 Å². The van der Waals surface area contributed by atoms with Crippen molar-refractivity contribution >= 4 is 0 Å². The molecule has 0 aliphatic heterocycles. The number of nitrogens with zero attached hydrogens (tertiary/aromatic N) is 1. The van der Waals surface area contributed by atoms with E-state index in [0.717, 1.165) is 37.9 Å². The van der Waals surface area contributed by atoms with Gasteiger partial charge >= 0.3 is 0 Å². The maximum atomic E-state index is 9.90. The van der Waals surface area contributed by atoms with Crippen molar-refractivity contribution in [1.29, 1.82) is 0 Å². The van der Waals surface area contributed by atoms with Crippen molar-refractivity contribution in [2.75, 3.05) is 6.54 Å². The minimum atomic E-state index is -0.115. The lowest BCUT2D eigenvalue weighted by Crippen LogP contribution is -2.32. The van der Waals surface area contributed by atoms with Crippen LogP contribution in [-0.2, 0) is 0 Å². The molecule has 3 nitrogen and oxygen atoms in total. The molecule has 3 atom stereocenters. The van der Waals surface area contributed by atoms with Crippen molar-refractivity contribution in [2.45, 2.75) is 51.7 Å². The number of pyridine rings is 1. The second-order valence-corrected chi connectivity index (χ2v) is 6.10. The fourth-order valence-corrected chi connectivity index (χ4v) is 2.91. The number of rotatable bonds is 6. The van der Waals surface area contributed by atoms with E-state index in [-0.39, 0.29) is 6.10 Å². The molecule has 1 saturated carbocycles. The van der Waals surface area contributed by atoms with Crippen LogP contribution in [0.4, 0.5) is 0 Å². The molecule has 0 spiro atoms. The Kier molecular flexibility index (Phi) is 5.34. The molecule has 1 fully saturated rings. The van der Waals surface area contributed by atoms with Gasteiger partial charge in [0, 0.05) is 18.8 Å². The van der Waals surface area contributed by atoms with Gasteiger partial charge in [0.2, 0.25) is 0 Å². The van der Waals surface area contributed by atoms with Gasteiger partial charge in [-0.25, -0.2) is 0 Å². The summed E-state index contributed by atoms with van der Waals surface area (Å²) in [7, 11) is 0. The topological polar surface area (TPSA) is 45.1 Å². The molecule has 0 saturated heterocycles. The van der Waals surface area contributed by atoms with Crippen LogP contribution < -0.4 is 5.32 Å². The fraction of sp³-hybridized carbons (Fsp3) is 0.688. The first-order valence-corrected chi connectivity index (χ1v) is 7.49. The van der Waals surface area contributed by atoms with E-state index >= 15 is 0 Å². The molecule has 2 rings (SSSR count). The van der Waals surface area contributed by atoms with Crippen LogP contribution in [-0.4, -0.2) is 22.7 Å². The van der Waals surface area contributed by atoms with E-state index in [1.54, 1.807) is 0 Å². The van der Waals surface area contributed by atoms with Crippen LogP contribution in [0.3, 0.4) is 0 Å². The molecule has 1 aromatic rings. The number of hydrogen-bond donors (Lipinski definition) is 2. The van der Waals surface area contributed by atoms with Crippen LogP contribution in [0.1, 0.15) is 51.3 Å². The SMILES string of the molecule is CC(C)C[C@H](NC[C@H]1CCC[C@@H]1O)c1ccccn1. The highest BCUT2D eigenvalue weighted by Gasteiger charge is 2.26. The Labute approximate surface area is 116 Å². The van der Waals surface area contributed by atoms with Crippen LogP contribution in [0.15, 0.2) is 24.4 Å². The second-order valence-electron chi connectivity index (χ2n) is 6.10. The average Bonchev–Trinajstić information content (AvgIpc) is 2.81. The Hall–Kier alpha value is -0.930. The van der Waals surface area contributed by atoms with Gasteiger partial charge in [0.1, 0.15) is 0 Å². The molecule has 0 radical (unpaired) electrons. The van der Waals surface area contributed by atoms with Gasteiger partial charge in [0.25, 0.3) is 0 Å². The summed E-state index contributed by atoms with van der Waals surface area (Å²) in [6, 6.07) is 6.39. The van der Waals surface area contributed by atoms with Crippen LogP contribution in [0.25, 0.3) is 0 Å². The lowest BCUT2D eigenvalue weighted by atomic mass is 9.99. The summed E-state index contributed by atoms with van der Waals surface area (Å²) in [6.07, 6.45) is 6.09. The van der Waals surface area contributed by atoms with Gasteiger partial charge in [-0.2, -0.15) is 0 Å². The first-order valence-electron chi connectivity index (χ1n) is 7.49. The van der Waals surface area contributed by atoms with Crippen molar-refractivity contribution in [3.05, 3.63) is 30.1 Å². The van der Waals surface area contributed by atoms with Crippen molar-refractivity contribution in [3.8, 4) is 0 Å².